The van der Waals surface area contributed by atoms with Crippen LogP contribution in [0, 0.1) is 0 Å². The molecule has 108 valence electrons. The van der Waals surface area contributed by atoms with Crippen molar-refractivity contribution in [2.45, 2.75) is 13.8 Å². The van der Waals surface area contributed by atoms with E-state index in [0.717, 1.165) is 22.6 Å². The maximum atomic E-state index is 11.1. The number of anilines is 2. The highest BCUT2D eigenvalue weighted by Gasteiger charge is 2.01. The number of hydrogen-bond acceptors (Lipinski definition) is 3. The predicted octanol–water partition coefficient (Wildman–Crippen LogP) is 4.13. The van der Waals surface area contributed by atoms with Gasteiger partial charge in [0, 0.05) is 17.6 Å². The average molecular weight is 302 g/mol. The zero-order valence-corrected chi connectivity index (χ0v) is 12.6. The molecule has 0 aliphatic carbocycles. The van der Waals surface area contributed by atoms with E-state index >= 15 is 0 Å². The Hall–Kier alpha value is -2.33. The fraction of sp³-hybridized carbons (Fsp3) is 0.125. The highest BCUT2D eigenvalue weighted by atomic mass is 35.5. The molecule has 0 heterocycles. The summed E-state index contributed by atoms with van der Waals surface area (Å²) >= 11 is 5.92. The molecule has 2 N–H and O–H groups in total. The number of rotatable bonds is 4. The lowest BCUT2D eigenvalue weighted by Gasteiger charge is -2.06. The fourth-order valence-corrected chi connectivity index (χ4v) is 1.99. The topological polar surface area (TPSA) is 53.5 Å². The summed E-state index contributed by atoms with van der Waals surface area (Å²) in [6.45, 7) is 3.37. The fourth-order valence-electron chi connectivity index (χ4n) is 1.80. The van der Waals surface area contributed by atoms with Crippen LogP contribution in [0.25, 0.3) is 0 Å². The molecule has 0 bridgehead atoms. The zero-order chi connectivity index (χ0) is 15.2. The molecule has 2 aromatic rings. The van der Waals surface area contributed by atoms with E-state index in [-0.39, 0.29) is 5.91 Å². The van der Waals surface area contributed by atoms with E-state index in [4.69, 9.17) is 11.6 Å². The second-order valence-corrected chi connectivity index (χ2v) is 5.02. The number of carbonyl (C=O) groups is 1. The van der Waals surface area contributed by atoms with Gasteiger partial charge in [-0.25, -0.2) is 0 Å². The summed E-state index contributed by atoms with van der Waals surface area (Å²) in [6.07, 6.45) is 0. The zero-order valence-electron chi connectivity index (χ0n) is 11.9. The van der Waals surface area contributed by atoms with Gasteiger partial charge in [-0.2, -0.15) is 5.10 Å². The Kier molecular flexibility index (Phi) is 4.95. The van der Waals surface area contributed by atoms with Gasteiger partial charge < -0.3 is 5.32 Å². The monoisotopic (exact) mass is 301 g/mol. The Morgan fingerprint density at radius 2 is 1.76 bits per heavy atom. The van der Waals surface area contributed by atoms with Crippen LogP contribution in [0.3, 0.4) is 0 Å². The number of amides is 1. The molecule has 4 nitrogen and oxygen atoms in total. The Morgan fingerprint density at radius 1 is 1.05 bits per heavy atom. The lowest BCUT2D eigenvalue weighted by molar-refractivity contribution is -0.114. The highest BCUT2D eigenvalue weighted by molar-refractivity contribution is 6.30. The minimum atomic E-state index is -0.0983. The summed E-state index contributed by atoms with van der Waals surface area (Å²) in [4.78, 5) is 11.1. The van der Waals surface area contributed by atoms with Crippen molar-refractivity contribution in [1.29, 1.82) is 0 Å². The smallest absolute Gasteiger partial charge is 0.221 e. The van der Waals surface area contributed by atoms with Crippen LogP contribution in [0.5, 0.6) is 0 Å². The number of hydrazone groups is 1. The van der Waals surface area contributed by atoms with Crippen LogP contribution in [0.2, 0.25) is 5.02 Å². The first-order valence-corrected chi connectivity index (χ1v) is 6.86. The van der Waals surface area contributed by atoms with E-state index in [0.29, 0.717) is 5.02 Å². The van der Waals surface area contributed by atoms with E-state index in [1.165, 1.54) is 6.92 Å². The van der Waals surface area contributed by atoms with Gasteiger partial charge in [0.25, 0.3) is 0 Å². The van der Waals surface area contributed by atoms with E-state index in [2.05, 4.69) is 15.8 Å². The lowest BCUT2D eigenvalue weighted by Crippen LogP contribution is -2.07. The largest absolute Gasteiger partial charge is 0.326 e. The molecule has 0 aromatic heterocycles. The van der Waals surface area contributed by atoms with Gasteiger partial charge >= 0.3 is 0 Å². The van der Waals surface area contributed by atoms with Crippen LogP contribution in [-0.4, -0.2) is 11.6 Å². The van der Waals surface area contributed by atoms with E-state index in [1.807, 2.05) is 43.3 Å². The van der Waals surface area contributed by atoms with Gasteiger partial charge in [-0.1, -0.05) is 29.8 Å². The van der Waals surface area contributed by atoms with E-state index in [9.17, 15) is 4.79 Å². The third-order valence-corrected chi connectivity index (χ3v) is 3.01. The molecule has 0 fully saturated rings. The second-order valence-electron chi connectivity index (χ2n) is 4.58. The SMILES string of the molecule is CC(=O)Nc1cccc(/C(C)=N\Nc2cccc(Cl)c2)c1. The van der Waals surface area contributed by atoms with Crippen molar-refractivity contribution >= 4 is 34.6 Å². The van der Waals surface area contributed by atoms with Gasteiger partial charge in [0.1, 0.15) is 0 Å². The molecule has 0 radical (unpaired) electrons. The molecule has 21 heavy (non-hydrogen) atoms. The van der Waals surface area contributed by atoms with Crippen molar-refractivity contribution in [3.63, 3.8) is 0 Å². The van der Waals surface area contributed by atoms with Crippen LogP contribution < -0.4 is 10.7 Å². The van der Waals surface area contributed by atoms with Crippen LogP contribution >= 0.6 is 11.6 Å². The van der Waals surface area contributed by atoms with Crippen LogP contribution in [-0.2, 0) is 4.79 Å². The lowest BCUT2D eigenvalue weighted by atomic mass is 10.1. The molecule has 2 aromatic carbocycles. The Bertz CT molecular complexity index is 683. The standard InChI is InChI=1S/C16H16ClN3O/c1-11(19-20-16-8-4-6-14(17)10-16)13-5-3-7-15(9-13)18-12(2)21/h3-10,20H,1-2H3,(H,18,21)/b19-11-. The summed E-state index contributed by atoms with van der Waals surface area (Å²) in [5, 5.41) is 7.72. The Morgan fingerprint density at radius 3 is 2.48 bits per heavy atom. The van der Waals surface area contributed by atoms with Crippen molar-refractivity contribution < 1.29 is 4.79 Å². The quantitative estimate of drug-likeness (QED) is 0.659. The predicted molar refractivity (Wildman–Crippen MR) is 88.0 cm³/mol. The van der Waals surface area contributed by atoms with Crippen molar-refractivity contribution in [3.05, 3.63) is 59.1 Å². The van der Waals surface area contributed by atoms with Crippen molar-refractivity contribution in [2.75, 3.05) is 10.7 Å². The highest BCUT2D eigenvalue weighted by Crippen LogP contribution is 2.16. The second kappa shape index (κ2) is 6.90. The van der Waals surface area contributed by atoms with Crippen LogP contribution in [0.15, 0.2) is 53.6 Å². The minimum Gasteiger partial charge on any atom is -0.326 e. The minimum absolute atomic E-state index is 0.0983. The number of halogens is 1. The van der Waals surface area contributed by atoms with Crippen LogP contribution in [0.4, 0.5) is 11.4 Å². The Labute approximate surface area is 128 Å². The maximum absolute atomic E-state index is 11.1. The molecule has 0 atom stereocenters. The molecule has 2 rings (SSSR count). The molecule has 0 aliphatic heterocycles. The number of nitrogens with one attached hydrogen (secondary N) is 2. The maximum Gasteiger partial charge on any atom is 0.221 e. The molecule has 0 spiro atoms. The van der Waals surface area contributed by atoms with Gasteiger partial charge in [0.05, 0.1) is 11.4 Å². The van der Waals surface area contributed by atoms with Gasteiger partial charge in [-0.3, -0.25) is 10.2 Å². The first-order chi connectivity index (χ1) is 10.0. The first kappa shape index (κ1) is 15.1. The summed E-state index contributed by atoms with van der Waals surface area (Å²) in [7, 11) is 0. The first-order valence-electron chi connectivity index (χ1n) is 6.48. The van der Waals surface area contributed by atoms with Gasteiger partial charge in [0.2, 0.25) is 5.91 Å². The molecule has 0 saturated heterocycles. The third-order valence-electron chi connectivity index (χ3n) is 2.78. The van der Waals surface area contributed by atoms with Crippen molar-refractivity contribution in [3.8, 4) is 0 Å². The average Bonchev–Trinajstić information content (AvgIpc) is 2.44. The van der Waals surface area contributed by atoms with E-state index < -0.39 is 0 Å². The number of carbonyl (C=O) groups excluding carboxylic acids is 1. The molecule has 0 unspecified atom stereocenters. The molecular weight excluding hydrogens is 286 g/mol. The van der Waals surface area contributed by atoms with Crippen molar-refractivity contribution in [2.24, 2.45) is 5.10 Å². The molecule has 1 amide bonds. The normalized spacial score (nSPS) is 11.1. The van der Waals surface area contributed by atoms with Crippen molar-refractivity contribution in [1.82, 2.24) is 0 Å². The molecule has 0 aliphatic rings. The number of hydrogen-bond donors (Lipinski definition) is 2. The van der Waals surface area contributed by atoms with Gasteiger partial charge in [-0.15, -0.1) is 0 Å². The van der Waals surface area contributed by atoms with E-state index in [1.54, 1.807) is 12.1 Å². The van der Waals surface area contributed by atoms with Gasteiger partial charge in [0.15, 0.2) is 0 Å². The number of benzene rings is 2. The summed E-state index contributed by atoms with van der Waals surface area (Å²) in [5.41, 5.74) is 6.26. The summed E-state index contributed by atoms with van der Waals surface area (Å²) < 4.78 is 0. The van der Waals surface area contributed by atoms with Crippen LogP contribution in [0.1, 0.15) is 19.4 Å². The Balaban J connectivity index is 2.13. The molecular formula is C16H16ClN3O. The third kappa shape index (κ3) is 4.61. The summed E-state index contributed by atoms with van der Waals surface area (Å²) in [5.74, 6) is -0.0983. The summed E-state index contributed by atoms with van der Waals surface area (Å²) in [6, 6.07) is 14.9. The van der Waals surface area contributed by atoms with Gasteiger partial charge in [-0.05, 0) is 42.8 Å². The number of nitrogens with zero attached hydrogens (tertiary/aromatic N) is 1. The molecule has 5 heteroatoms. The molecule has 0 saturated carbocycles.